The quantitative estimate of drug-likeness (QED) is 0.474. The Morgan fingerprint density at radius 1 is 1.08 bits per heavy atom. The summed E-state index contributed by atoms with van der Waals surface area (Å²) in [5, 5.41) is 2.23. The van der Waals surface area contributed by atoms with Crippen molar-refractivity contribution in [1.82, 2.24) is 10.2 Å². The van der Waals surface area contributed by atoms with Crippen molar-refractivity contribution in [1.29, 1.82) is 0 Å². The Kier molecular flexibility index (Phi) is 6.12. The van der Waals surface area contributed by atoms with Crippen LogP contribution in [0.3, 0.4) is 0 Å². The first kappa shape index (κ1) is 17.7. The van der Waals surface area contributed by atoms with Crippen molar-refractivity contribution in [3.63, 3.8) is 0 Å². The fourth-order valence-electron chi connectivity index (χ4n) is 2.46. The molecule has 2 rings (SSSR count). The predicted octanol–water partition coefficient (Wildman–Crippen LogP) is 2.74. The largest absolute Gasteiger partial charge is 0.497 e. The van der Waals surface area contributed by atoms with E-state index in [-0.39, 0.29) is 5.57 Å². The molecule has 4 amide bonds. The van der Waals surface area contributed by atoms with Crippen molar-refractivity contribution < 1.29 is 19.1 Å². The van der Waals surface area contributed by atoms with Crippen LogP contribution in [0.2, 0.25) is 0 Å². The van der Waals surface area contributed by atoms with Crippen molar-refractivity contribution in [3.8, 4) is 5.75 Å². The van der Waals surface area contributed by atoms with E-state index in [0.29, 0.717) is 17.9 Å². The number of ether oxygens (including phenoxy) is 1. The van der Waals surface area contributed by atoms with Crippen molar-refractivity contribution in [2.45, 2.75) is 32.6 Å². The molecule has 128 valence electrons. The molecule has 0 radical (unpaired) electrons. The highest BCUT2D eigenvalue weighted by molar-refractivity contribution is 6.30. The first-order chi connectivity index (χ1) is 11.6. The van der Waals surface area contributed by atoms with E-state index in [1.807, 2.05) is 0 Å². The number of imide groups is 2. The number of unbranched alkanes of at least 4 members (excludes halogenated alkanes) is 3. The summed E-state index contributed by atoms with van der Waals surface area (Å²) in [6.07, 6.45) is 5.29. The van der Waals surface area contributed by atoms with E-state index in [1.165, 1.54) is 6.08 Å². The number of carbonyl (C=O) groups excluding carboxylic acids is 3. The first-order valence-corrected chi connectivity index (χ1v) is 8.09. The van der Waals surface area contributed by atoms with Crippen LogP contribution in [0.25, 0.3) is 6.08 Å². The monoisotopic (exact) mass is 330 g/mol. The lowest BCUT2D eigenvalue weighted by Gasteiger charge is -2.26. The van der Waals surface area contributed by atoms with Crippen molar-refractivity contribution >= 4 is 23.9 Å². The lowest BCUT2D eigenvalue weighted by atomic mass is 10.1. The number of carbonyl (C=O) groups is 3. The molecule has 0 spiro atoms. The predicted molar refractivity (Wildman–Crippen MR) is 90.4 cm³/mol. The van der Waals surface area contributed by atoms with Gasteiger partial charge in [0.15, 0.2) is 0 Å². The molecule has 1 aromatic rings. The van der Waals surface area contributed by atoms with Gasteiger partial charge in [-0.05, 0) is 30.2 Å². The van der Waals surface area contributed by atoms with E-state index in [4.69, 9.17) is 4.74 Å². The molecular weight excluding hydrogens is 308 g/mol. The maximum atomic E-state index is 12.5. The minimum Gasteiger partial charge on any atom is -0.497 e. The van der Waals surface area contributed by atoms with Crippen LogP contribution in [-0.4, -0.2) is 36.4 Å². The van der Waals surface area contributed by atoms with Gasteiger partial charge in [-0.2, -0.15) is 0 Å². The van der Waals surface area contributed by atoms with E-state index >= 15 is 0 Å². The number of amides is 4. The third-order valence-corrected chi connectivity index (χ3v) is 3.85. The fourth-order valence-corrected chi connectivity index (χ4v) is 2.46. The number of barbiturate groups is 1. The summed E-state index contributed by atoms with van der Waals surface area (Å²) in [6.45, 7) is 2.41. The molecule has 1 heterocycles. The van der Waals surface area contributed by atoms with Crippen molar-refractivity contribution in [2.24, 2.45) is 0 Å². The molecule has 1 aliphatic rings. The van der Waals surface area contributed by atoms with Gasteiger partial charge in [0, 0.05) is 6.54 Å². The zero-order chi connectivity index (χ0) is 17.5. The van der Waals surface area contributed by atoms with Gasteiger partial charge in [0.25, 0.3) is 11.8 Å². The van der Waals surface area contributed by atoms with Gasteiger partial charge in [-0.3, -0.25) is 19.8 Å². The minimum absolute atomic E-state index is 0.0322. The molecule has 0 bridgehead atoms. The van der Waals surface area contributed by atoms with Gasteiger partial charge < -0.3 is 4.74 Å². The number of methoxy groups -OCH3 is 1. The maximum Gasteiger partial charge on any atom is 0.331 e. The zero-order valence-corrected chi connectivity index (χ0v) is 14.0. The second kappa shape index (κ2) is 8.29. The van der Waals surface area contributed by atoms with E-state index in [9.17, 15) is 14.4 Å². The fraction of sp³-hybridized carbons (Fsp3) is 0.389. The average Bonchev–Trinajstić information content (AvgIpc) is 2.58. The summed E-state index contributed by atoms with van der Waals surface area (Å²) in [4.78, 5) is 37.5. The van der Waals surface area contributed by atoms with Crippen LogP contribution in [0.5, 0.6) is 5.75 Å². The molecule has 1 aromatic carbocycles. The summed E-state index contributed by atoms with van der Waals surface area (Å²) < 4.78 is 5.08. The molecule has 24 heavy (non-hydrogen) atoms. The van der Waals surface area contributed by atoms with Gasteiger partial charge in [0.2, 0.25) is 0 Å². The number of nitrogens with zero attached hydrogens (tertiary/aromatic N) is 1. The van der Waals surface area contributed by atoms with Crippen LogP contribution in [0.1, 0.15) is 38.2 Å². The molecule has 1 fully saturated rings. The van der Waals surface area contributed by atoms with Crippen LogP contribution in [-0.2, 0) is 9.59 Å². The molecule has 1 saturated heterocycles. The number of hydrogen-bond donors (Lipinski definition) is 1. The highest BCUT2D eigenvalue weighted by Gasteiger charge is 2.35. The van der Waals surface area contributed by atoms with Gasteiger partial charge in [0.1, 0.15) is 11.3 Å². The summed E-state index contributed by atoms with van der Waals surface area (Å²) in [7, 11) is 1.56. The van der Waals surface area contributed by atoms with Crippen LogP contribution >= 0.6 is 0 Å². The number of benzene rings is 1. The highest BCUT2D eigenvalue weighted by Crippen LogP contribution is 2.18. The molecule has 6 heteroatoms. The smallest absolute Gasteiger partial charge is 0.331 e. The van der Waals surface area contributed by atoms with E-state index in [0.717, 1.165) is 30.6 Å². The average molecular weight is 330 g/mol. The van der Waals surface area contributed by atoms with E-state index < -0.39 is 17.8 Å². The van der Waals surface area contributed by atoms with Gasteiger partial charge in [-0.1, -0.05) is 38.3 Å². The lowest BCUT2D eigenvalue weighted by molar-refractivity contribution is -0.130. The lowest BCUT2D eigenvalue weighted by Crippen LogP contribution is -2.54. The molecule has 1 N–H and O–H groups in total. The van der Waals surface area contributed by atoms with E-state index in [1.54, 1.807) is 31.4 Å². The molecule has 1 aliphatic heterocycles. The molecule has 0 unspecified atom stereocenters. The second-order valence-electron chi connectivity index (χ2n) is 5.61. The molecule has 0 atom stereocenters. The minimum atomic E-state index is -0.661. The van der Waals surface area contributed by atoms with Gasteiger partial charge in [0.05, 0.1) is 7.11 Å². The highest BCUT2D eigenvalue weighted by atomic mass is 16.5. The van der Waals surface area contributed by atoms with Gasteiger partial charge >= 0.3 is 6.03 Å². The molecular formula is C18H22N2O4. The SMILES string of the molecule is CCCCCCN1C(=O)NC(=O)C(=Cc2ccc(OC)cc2)C1=O. The normalized spacial score (nSPS) is 16.5. The summed E-state index contributed by atoms with van der Waals surface area (Å²) in [5.74, 6) is -0.522. The van der Waals surface area contributed by atoms with E-state index in [2.05, 4.69) is 12.2 Å². The van der Waals surface area contributed by atoms with Gasteiger partial charge in [-0.15, -0.1) is 0 Å². The standard InChI is InChI=1S/C18H22N2O4/c1-3-4-5-6-11-20-17(22)15(16(21)19-18(20)23)12-13-7-9-14(24-2)10-8-13/h7-10,12H,3-6,11H2,1-2H3,(H,19,21,23). The number of hydrogen-bond acceptors (Lipinski definition) is 4. The molecule has 0 saturated carbocycles. The van der Waals surface area contributed by atoms with Gasteiger partial charge in [-0.25, -0.2) is 4.79 Å². The molecule has 0 aliphatic carbocycles. The summed E-state index contributed by atoms with van der Waals surface area (Å²) in [5.41, 5.74) is 0.657. The van der Waals surface area contributed by atoms with Crippen LogP contribution in [0, 0.1) is 0 Å². The first-order valence-electron chi connectivity index (χ1n) is 8.09. The molecule has 0 aromatic heterocycles. The van der Waals surface area contributed by atoms with Crippen molar-refractivity contribution in [3.05, 3.63) is 35.4 Å². The van der Waals surface area contributed by atoms with Crippen molar-refractivity contribution in [2.75, 3.05) is 13.7 Å². The topological polar surface area (TPSA) is 75.7 Å². The van der Waals surface area contributed by atoms with Crippen LogP contribution in [0.4, 0.5) is 4.79 Å². The number of urea groups is 1. The Hall–Kier alpha value is -2.63. The third-order valence-electron chi connectivity index (χ3n) is 3.85. The Morgan fingerprint density at radius 2 is 1.79 bits per heavy atom. The zero-order valence-electron chi connectivity index (χ0n) is 14.0. The Morgan fingerprint density at radius 3 is 2.42 bits per heavy atom. The Bertz CT molecular complexity index is 649. The summed E-state index contributed by atoms with van der Waals surface area (Å²) >= 11 is 0. The second-order valence-corrected chi connectivity index (χ2v) is 5.61. The summed E-state index contributed by atoms with van der Waals surface area (Å²) in [6, 6.07) is 6.33. The van der Waals surface area contributed by atoms with Crippen LogP contribution in [0.15, 0.2) is 29.8 Å². The Labute approximate surface area is 141 Å². The Balaban J connectivity index is 2.15. The third kappa shape index (κ3) is 4.22. The molecule has 6 nitrogen and oxygen atoms in total. The van der Waals surface area contributed by atoms with Crippen LogP contribution < -0.4 is 10.1 Å². The number of nitrogens with one attached hydrogen (secondary N) is 1. The maximum absolute atomic E-state index is 12.5. The number of rotatable bonds is 7.